The molecule has 0 saturated heterocycles. The first-order valence-corrected chi connectivity index (χ1v) is 9.42. The van der Waals surface area contributed by atoms with Crippen LogP contribution < -0.4 is 34.9 Å². The molecule has 0 fully saturated rings. The maximum absolute atomic E-state index is 11.4. The number of amides is 1. The van der Waals surface area contributed by atoms with Crippen LogP contribution in [0.2, 0.25) is 0 Å². The molecule has 2 aromatic rings. The van der Waals surface area contributed by atoms with Crippen LogP contribution in [0.3, 0.4) is 0 Å². The molecule has 0 atom stereocenters. The van der Waals surface area contributed by atoms with Gasteiger partial charge in [-0.05, 0) is 28.8 Å². The first-order chi connectivity index (χ1) is 10.5. The minimum absolute atomic E-state index is 0. The molecule has 0 aliphatic rings. The molecule has 0 aliphatic carbocycles. The molecule has 0 unspecified atom stereocenters. The zero-order valence-electron chi connectivity index (χ0n) is 12.6. The van der Waals surface area contributed by atoms with Crippen LogP contribution in [0.25, 0.3) is 10.9 Å². The third-order valence-corrected chi connectivity index (χ3v) is 4.87. The fourth-order valence-electron chi connectivity index (χ4n) is 1.96. The number of fused-ring (bicyclic) bond motifs is 1. The first kappa shape index (κ1) is 20.3. The second kappa shape index (κ2) is 9.55. The third kappa shape index (κ3) is 7.15. The molecule has 10 heteroatoms. The number of hydrogen-bond acceptors (Lipinski definition) is 6. The molecular formula is C13H15N2NaO5S2. The van der Waals surface area contributed by atoms with Crippen molar-refractivity contribution in [3.05, 3.63) is 36.0 Å². The van der Waals surface area contributed by atoms with Gasteiger partial charge in [-0.1, -0.05) is 18.2 Å². The van der Waals surface area contributed by atoms with E-state index >= 15 is 0 Å². The monoisotopic (exact) mass is 366 g/mol. The van der Waals surface area contributed by atoms with Crippen LogP contribution in [0.15, 0.2) is 30.5 Å². The molecular weight excluding hydrogens is 351 g/mol. The van der Waals surface area contributed by atoms with Gasteiger partial charge in [0.15, 0.2) is 0 Å². The molecule has 0 spiro atoms. The molecule has 0 radical (unpaired) electrons. The standard InChI is InChI=1S/C13H16N2O5S2.Na/c16-13(20-7-8-21-22(17,18)19)14-6-5-10-9-15-12-4-2-1-3-11(10)12;/h1-4,9,15H,5-8H2,(H,14,16)(H,17,18,19);/q;+1/p-1. The van der Waals surface area contributed by atoms with Crippen LogP contribution in [0.4, 0.5) is 4.79 Å². The average Bonchev–Trinajstić information content (AvgIpc) is 2.86. The minimum atomic E-state index is -4.34. The quantitative estimate of drug-likeness (QED) is 0.271. The van der Waals surface area contributed by atoms with Crippen LogP contribution in [0.1, 0.15) is 5.56 Å². The van der Waals surface area contributed by atoms with Crippen molar-refractivity contribution >= 4 is 36.9 Å². The fourth-order valence-corrected chi connectivity index (χ4v) is 3.13. The number of benzene rings is 1. The summed E-state index contributed by atoms with van der Waals surface area (Å²) in [5.74, 6) is -0.0816. The molecule has 0 saturated carbocycles. The Morgan fingerprint density at radius 2 is 2.09 bits per heavy atom. The summed E-state index contributed by atoms with van der Waals surface area (Å²) >= 11 is 0. The van der Waals surface area contributed by atoms with Crippen LogP contribution in [0, 0.1) is 0 Å². The van der Waals surface area contributed by atoms with Gasteiger partial charge >= 0.3 is 35.7 Å². The van der Waals surface area contributed by atoms with Gasteiger partial charge in [-0.2, -0.15) is 0 Å². The fraction of sp³-hybridized carbons (Fsp3) is 0.308. The minimum Gasteiger partial charge on any atom is -0.739 e. The largest absolute Gasteiger partial charge is 1.00 e. The Kier molecular flexibility index (Phi) is 8.45. The second-order valence-electron chi connectivity index (χ2n) is 4.40. The number of ether oxygens (including phenoxy) is 1. The van der Waals surface area contributed by atoms with Crippen molar-refractivity contribution < 1.29 is 52.1 Å². The van der Waals surface area contributed by atoms with Gasteiger partial charge in [-0.15, -0.1) is 0 Å². The number of aromatic nitrogens is 1. The number of rotatable bonds is 7. The van der Waals surface area contributed by atoms with Gasteiger partial charge in [0.25, 0.3) is 0 Å². The molecule has 120 valence electrons. The van der Waals surface area contributed by atoms with Gasteiger partial charge in [-0.25, -0.2) is 13.2 Å². The summed E-state index contributed by atoms with van der Waals surface area (Å²) in [5, 5.41) is 3.68. The number of para-hydroxylation sites is 1. The number of nitrogens with one attached hydrogen (secondary N) is 2. The maximum Gasteiger partial charge on any atom is 1.00 e. The van der Waals surface area contributed by atoms with Crippen LogP contribution in [-0.2, 0) is 20.3 Å². The summed E-state index contributed by atoms with van der Waals surface area (Å²) in [6.45, 7) is 0.263. The van der Waals surface area contributed by atoms with Crippen molar-refractivity contribution in [3.8, 4) is 0 Å². The molecule has 1 amide bonds. The topological polar surface area (TPSA) is 111 Å². The van der Waals surface area contributed by atoms with Gasteiger partial charge in [0.1, 0.15) is 15.8 Å². The smallest absolute Gasteiger partial charge is 0.739 e. The molecule has 1 aromatic carbocycles. The molecule has 1 aromatic heterocycles. The molecule has 1 heterocycles. The first-order valence-electron chi connectivity index (χ1n) is 6.51. The van der Waals surface area contributed by atoms with E-state index in [1.807, 2.05) is 30.5 Å². The van der Waals surface area contributed by atoms with Crippen LogP contribution >= 0.6 is 10.8 Å². The van der Waals surface area contributed by atoms with Gasteiger partial charge in [-0.3, -0.25) is 0 Å². The van der Waals surface area contributed by atoms with E-state index in [1.54, 1.807) is 0 Å². The molecule has 23 heavy (non-hydrogen) atoms. The summed E-state index contributed by atoms with van der Waals surface area (Å²) in [6, 6.07) is 7.86. The summed E-state index contributed by atoms with van der Waals surface area (Å²) in [4.78, 5) is 14.5. The Labute approximate surface area is 160 Å². The van der Waals surface area contributed by atoms with Crippen molar-refractivity contribution in [1.82, 2.24) is 10.3 Å². The number of carbonyl (C=O) groups is 1. The van der Waals surface area contributed by atoms with Crippen LogP contribution in [0.5, 0.6) is 0 Å². The van der Waals surface area contributed by atoms with E-state index < -0.39 is 15.2 Å². The van der Waals surface area contributed by atoms with E-state index in [2.05, 4.69) is 10.3 Å². The Balaban J connectivity index is 0.00000264. The third-order valence-electron chi connectivity index (χ3n) is 2.88. The normalized spacial score (nSPS) is 11.0. The van der Waals surface area contributed by atoms with Crippen molar-refractivity contribution in [2.24, 2.45) is 0 Å². The number of H-pyrrole nitrogens is 1. The number of carbonyl (C=O) groups excluding carboxylic acids is 1. The van der Waals surface area contributed by atoms with Gasteiger partial charge in [0.05, 0.1) is 0 Å². The zero-order valence-corrected chi connectivity index (χ0v) is 16.2. The molecule has 2 N–H and O–H groups in total. The maximum atomic E-state index is 11.4. The second-order valence-corrected chi connectivity index (χ2v) is 7.79. The Bertz CT molecular complexity index is 748. The van der Waals surface area contributed by atoms with E-state index in [-0.39, 0.29) is 52.7 Å². The number of alkyl carbamates (subject to hydrolysis) is 1. The van der Waals surface area contributed by atoms with E-state index in [0.29, 0.717) is 13.0 Å². The van der Waals surface area contributed by atoms with Crippen molar-refractivity contribution in [1.29, 1.82) is 0 Å². The van der Waals surface area contributed by atoms with Crippen molar-refractivity contribution in [3.63, 3.8) is 0 Å². The zero-order chi connectivity index (χ0) is 16.0. The number of hydrogen-bond donors (Lipinski definition) is 2. The van der Waals surface area contributed by atoms with Gasteiger partial charge in [0.2, 0.25) is 0 Å². The predicted octanol–water partition coefficient (Wildman–Crippen LogP) is -1.37. The Hall–Kier alpha value is -0.710. The van der Waals surface area contributed by atoms with Crippen molar-refractivity contribution in [2.45, 2.75) is 6.42 Å². The van der Waals surface area contributed by atoms with E-state index in [4.69, 9.17) is 4.74 Å². The van der Waals surface area contributed by atoms with Gasteiger partial charge < -0.3 is 19.6 Å². The molecule has 0 aliphatic heterocycles. The molecule has 7 nitrogen and oxygen atoms in total. The summed E-state index contributed by atoms with van der Waals surface area (Å²) in [5.41, 5.74) is 2.12. The number of aromatic amines is 1. The average molecular weight is 366 g/mol. The van der Waals surface area contributed by atoms with Gasteiger partial charge in [0, 0.05) is 29.4 Å². The van der Waals surface area contributed by atoms with E-state index in [9.17, 15) is 17.8 Å². The molecule has 2 rings (SSSR count). The summed E-state index contributed by atoms with van der Waals surface area (Å²) in [7, 11) is -4.13. The SMILES string of the molecule is O=C(NCCc1c[nH]c2ccccc12)OCCSS(=O)(=O)[O-].[Na+]. The predicted molar refractivity (Wildman–Crippen MR) is 83.5 cm³/mol. The van der Waals surface area contributed by atoms with E-state index in [0.717, 1.165) is 16.5 Å². The summed E-state index contributed by atoms with van der Waals surface area (Å²) < 4.78 is 35.8. The Morgan fingerprint density at radius 3 is 2.83 bits per heavy atom. The van der Waals surface area contributed by atoms with Crippen molar-refractivity contribution in [2.75, 3.05) is 18.9 Å². The van der Waals surface area contributed by atoms with E-state index in [1.165, 1.54) is 0 Å². The Morgan fingerprint density at radius 1 is 1.35 bits per heavy atom. The molecule has 0 bridgehead atoms. The van der Waals surface area contributed by atoms with Crippen LogP contribution in [-0.4, -0.2) is 43.0 Å². The summed E-state index contributed by atoms with van der Waals surface area (Å²) in [6.07, 6.45) is 1.90.